The van der Waals surface area contributed by atoms with Gasteiger partial charge >= 0.3 is 0 Å². The van der Waals surface area contributed by atoms with Crippen molar-refractivity contribution in [2.24, 2.45) is 0 Å². The van der Waals surface area contributed by atoms with Crippen molar-refractivity contribution >= 4 is 0 Å². The highest BCUT2D eigenvalue weighted by atomic mass is 16.5. The van der Waals surface area contributed by atoms with Crippen LogP contribution in [0, 0.1) is 0 Å². The molecule has 0 aliphatic carbocycles. The SMILES string of the molecule is COc1cc2c(cc1O)[C@@H](Cc1ccc(OC)c(Oc3ccc(C[C@@H]4c5cc(OC)c(OC)cc5CCN4C)cc3)c1)N(C)CC2. The standard InChI is InChI=1S/C38H44N2O6/c1-39-16-14-27-21-36(44-5)37(45-6)23-30(27)31(39)17-24-7-10-28(11-8-24)46-38-19-25(9-12-34(38)42-3)18-32-29-22-33(41)35(43-4)20-26(29)13-15-40(32)2/h7-12,19-23,31-32,41H,13-18H2,1-6H3/t31-,32-/m1/s1. The summed E-state index contributed by atoms with van der Waals surface area (Å²) in [5.41, 5.74) is 7.29. The van der Waals surface area contributed by atoms with Gasteiger partial charge in [0, 0.05) is 25.2 Å². The third-order valence-corrected chi connectivity index (χ3v) is 9.57. The minimum Gasteiger partial charge on any atom is -0.504 e. The van der Waals surface area contributed by atoms with E-state index in [4.69, 9.17) is 23.7 Å². The average molecular weight is 625 g/mol. The van der Waals surface area contributed by atoms with Crippen molar-refractivity contribution in [1.29, 1.82) is 0 Å². The summed E-state index contributed by atoms with van der Waals surface area (Å²) in [6.07, 6.45) is 3.53. The number of hydrogen-bond donors (Lipinski definition) is 1. The molecule has 8 heteroatoms. The number of hydrogen-bond acceptors (Lipinski definition) is 8. The Balaban J connectivity index is 1.20. The van der Waals surface area contributed by atoms with E-state index in [-0.39, 0.29) is 17.8 Å². The lowest BCUT2D eigenvalue weighted by Crippen LogP contribution is -2.33. The molecule has 2 aliphatic rings. The lowest BCUT2D eigenvalue weighted by molar-refractivity contribution is 0.228. The van der Waals surface area contributed by atoms with Crippen LogP contribution in [0.3, 0.4) is 0 Å². The molecule has 0 spiro atoms. The first-order valence-corrected chi connectivity index (χ1v) is 15.8. The number of phenols is 1. The van der Waals surface area contributed by atoms with Gasteiger partial charge in [-0.3, -0.25) is 9.80 Å². The van der Waals surface area contributed by atoms with Gasteiger partial charge in [-0.05, 0) is 122 Å². The molecule has 2 atom stereocenters. The van der Waals surface area contributed by atoms with Crippen molar-refractivity contribution < 1.29 is 28.8 Å². The van der Waals surface area contributed by atoms with Crippen LogP contribution >= 0.6 is 0 Å². The summed E-state index contributed by atoms with van der Waals surface area (Å²) in [7, 11) is 10.9. The van der Waals surface area contributed by atoms with E-state index in [1.54, 1.807) is 28.4 Å². The van der Waals surface area contributed by atoms with Gasteiger partial charge in [-0.25, -0.2) is 0 Å². The molecule has 46 heavy (non-hydrogen) atoms. The third-order valence-electron chi connectivity index (χ3n) is 9.57. The lowest BCUT2D eigenvalue weighted by atomic mass is 9.88. The Labute approximate surface area is 272 Å². The first-order valence-electron chi connectivity index (χ1n) is 15.8. The van der Waals surface area contributed by atoms with E-state index in [1.807, 2.05) is 30.3 Å². The Bertz CT molecular complexity index is 1690. The van der Waals surface area contributed by atoms with E-state index < -0.39 is 0 Å². The fraction of sp³-hybridized carbons (Fsp3) is 0.368. The molecule has 1 N–H and O–H groups in total. The second-order valence-electron chi connectivity index (χ2n) is 12.3. The Kier molecular flexibility index (Phi) is 9.29. The van der Waals surface area contributed by atoms with E-state index in [0.717, 1.165) is 67.1 Å². The van der Waals surface area contributed by atoms with Gasteiger partial charge in [0.25, 0.3) is 0 Å². The molecule has 2 heterocycles. The highest BCUT2D eigenvalue weighted by Crippen LogP contribution is 2.41. The van der Waals surface area contributed by atoms with Crippen molar-refractivity contribution in [3.05, 3.63) is 100 Å². The second-order valence-corrected chi connectivity index (χ2v) is 12.3. The molecule has 4 aromatic carbocycles. The number of fused-ring (bicyclic) bond motifs is 2. The minimum absolute atomic E-state index is 0.116. The molecule has 4 aromatic rings. The number of phenolic OH excluding ortho intramolecular Hbond substituents is 1. The summed E-state index contributed by atoms with van der Waals surface area (Å²) in [4.78, 5) is 4.75. The fourth-order valence-corrected chi connectivity index (χ4v) is 6.89. The molecule has 0 radical (unpaired) electrons. The maximum atomic E-state index is 10.5. The van der Waals surface area contributed by atoms with Crippen molar-refractivity contribution in [3.8, 4) is 40.2 Å². The largest absolute Gasteiger partial charge is 0.504 e. The van der Waals surface area contributed by atoms with E-state index >= 15 is 0 Å². The van der Waals surface area contributed by atoms with Gasteiger partial charge in [-0.15, -0.1) is 0 Å². The van der Waals surface area contributed by atoms with Crippen molar-refractivity contribution in [3.63, 3.8) is 0 Å². The van der Waals surface area contributed by atoms with Crippen LogP contribution in [0.5, 0.6) is 40.2 Å². The van der Waals surface area contributed by atoms with E-state index in [9.17, 15) is 5.11 Å². The summed E-state index contributed by atoms with van der Waals surface area (Å²) in [5.74, 6) is 4.33. The number of nitrogens with zero attached hydrogens (tertiary/aromatic N) is 2. The molecule has 242 valence electrons. The van der Waals surface area contributed by atoms with Gasteiger partial charge in [0.1, 0.15) is 5.75 Å². The molecule has 0 unspecified atom stereocenters. The molecular formula is C38H44N2O6. The van der Waals surface area contributed by atoms with Gasteiger partial charge in [-0.1, -0.05) is 18.2 Å². The fourth-order valence-electron chi connectivity index (χ4n) is 6.89. The molecule has 0 saturated carbocycles. The highest BCUT2D eigenvalue weighted by molar-refractivity contribution is 5.51. The molecule has 6 rings (SSSR count). The van der Waals surface area contributed by atoms with Gasteiger partial charge in [0.2, 0.25) is 0 Å². The van der Waals surface area contributed by atoms with Crippen LogP contribution in [0.4, 0.5) is 0 Å². The quantitative estimate of drug-likeness (QED) is 0.208. The van der Waals surface area contributed by atoms with Crippen LogP contribution in [-0.2, 0) is 25.7 Å². The Morgan fingerprint density at radius 1 is 0.587 bits per heavy atom. The maximum Gasteiger partial charge on any atom is 0.169 e. The smallest absolute Gasteiger partial charge is 0.169 e. The first-order chi connectivity index (χ1) is 22.3. The Hall–Kier alpha value is -4.40. The van der Waals surface area contributed by atoms with Gasteiger partial charge in [0.15, 0.2) is 34.5 Å². The van der Waals surface area contributed by atoms with Crippen LogP contribution in [0.15, 0.2) is 66.7 Å². The summed E-state index contributed by atoms with van der Waals surface area (Å²) >= 11 is 0. The molecule has 0 bridgehead atoms. The second kappa shape index (κ2) is 13.5. The molecular weight excluding hydrogens is 580 g/mol. The molecule has 8 nitrogen and oxygen atoms in total. The zero-order valence-corrected chi connectivity index (χ0v) is 27.6. The molecule has 2 aliphatic heterocycles. The summed E-state index contributed by atoms with van der Waals surface area (Å²) in [6, 6.07) is 22.9. The molecule has 0 fully saturated rings. The predicted octanol–water partition coefficient (Wildman–Crippen LogP) is 6.76. The van der Waals surface area contributed by atoms with Crippen molar-refractivity contribution in [2.45, 2.75) is 37.8 Å². The molecule has 0 aromatic heterocycles. The molecule has 0 saturated heterocycles. The average Bonchev–Trinajstić information content (AvgIpc) is 3.07. The summed E-state index contributed by atoms with van der Waals surface area (Å²) in [5, 5.41) is 10.5. The summed E-state index contributed by atoms with van der Waals surface area (Å²) in [6.45, 7) is 1.92. The van der Waals surface area contributed by atoms with Crippen molar-refractivity contribution in [2.75, 3.05) is 55.6 Å². The number of rotatable bonds is 10. The van der Waals surface area contributed by atoms with E-state index in [2.05, 4.69) is 60.3 Å². The van der Waals surface area contributed by atoms with Gasteiger partial charge in [0.05, 0.1) is 28.4 Å². The lowest BCUT2D eigenvalue weighted by Gasteiger charge is -2.35. The highest BCUT2D eigenvalue weighted by Gasteiger charge is 2.28. The van der Waals surface area contributed by atoms with E-state index in [1.165, 1.54) is 22.3 Å². The van der Waals surface area contributed by atoms with Crippen LogP contribution in [0.25, 0.3) is 0 Å². The van der Waals surface area contributed by atoms with Crippen LogP contribution in [-0.4, -0.2) is 70.5 Å². The van der Waals surface area contributed by atoms with Crippen LogP contribution < -0.4 is 23.7 Å². The van der Waals surface area contributed by atoms with Crippen molar-refractivity contribution in [1.82, 2.24) is 9.80 Å². The van der Waals surface area contributed by atoms with Gasteiger partial charge < -0.3 is 28.8 Å². The predicted molar refractivity (Wildman–Crippen MR) is 179 cm³/mol. The van der Waals surface area contributed by atoms with Gasteiger partial charge in [-0.2, -0.15) is 0 Å². The number of methoxy groups -OCH3 is 4. The topological polar surface area (TPSA) is 72.9 Å². The number of benzene rings is 4. The van der Waals surface area contributed by atoms with E-state index in [0.29, 0.717) is 17.2 Å². The van der Waals surface area contributed by atoms with Crippen LogP contribution in [0.2, 0.25) is 0 Å². The third kappa shape index (κ3) is 6.32. The zero-order valence-electron chi connectivity index (χ0n) is 27.6. The minimum atomic E-state index is 0.116. The number of likely N-dealkylation sites (N-methyl/N-ethyl adjacent to an activating group) is 2. The van der Waals surface area contributed by atoms with Crippen LogP contribution in [0.1, 0.15) is 45.5 Å². The molecule has 0 amide bonds. The monoisotopic (exact) mass is 624 g/mol. The number of ether oxygens (including phenoxy) is 5. The zero-order chi connectivity index (χ0) is 32.4. The summed E-state index contributed by atoms with van der Waals surface area (Å²) < 4.78 is 28.6. The Morgan fingerprint density at radius 3 is 1.72 bits per heavy atom. The maximum absolute atomic E-state index is 10.5. The Morgan fingerprint density at radius 2 is 1.11 bits per heavy atom. The normalized spacial score (nSPS) is 18.0. The first kappa shape index (κ1) is 31.6. The number of aromatic hydroxyl groups is 1.